The number of thioether (sulfide) groups is 1. The molecule has 2 aromatic heterocycles. The van der Waals surface area contributed by atoms with Gasteiger partial charge in [-0.25, -0.2) is 9.97 Å². The minimum absolute atomic E-state index is 0.115. The maximum absolute atomic E-state index is 11.7. The number of carbonyl (C=O) groups is 2. The summed E-state index contributed by atoms with van der Waals surface area (Å²) in [6.07, 6.45) is 3.40. The van der Waals surface area contributed by atoms with Gasteiger partial charge in [0.1, 0.15) is 16.2 Å². The molecule has 0 saturated carbocycles. The summed E-state index contributed by atoms with van der Waals surface area (Å²) in [6.45, 7) is 2.42. The van der Waals surface area contributed by atoms with Crippen LogP contribution in [0.15, 0.2) is 22.8 Å². The summed E-state index contributed by atoms with van der Waals surface area (Å²) in [4.78, 5) is 32.3. The molecule has 1 amide bonds. The van der Waals surface area contributed by atoms with Gasteiger partial charge >= 0.3 is 5.97 Å². The zero-order valence-corrected chi connectivity index (χ0v) is 13.8. The van der Waals surface area contributed by atoms with Crippen molar-refractivity contribution in [3.05, 3.63) is 17.8 Å². The third-order valence-corrected chi connectivity index (χ3v) is 4.57. The largest absolute Gasteiger partial charge is 0.455 e. The summed E-state index contributed by atoms with van der Waals surface area (Å²) in [6, 6.07) is 1.93. The summed E-state index contributed by atoms with van der Waals surface area (Å²) in [5.41, 5.74) is 0. The lowest BCUT2D eigenvalue weighted by Crippen LogP contribution is -2.29. The van der Waals surface area contributed by atoms with E-state index in [0.717, 1.165) is 28.1 Å². The van der Waals surface area contributed by atoms with Gasteiger partial charge in [0, 0.05) is 11.9 Å². The minimum atomic E-state index is -0.433. The SMILES string of the molecule is CCCCNC(=O)COC(=O)CSc1ncnc2sccc12. The maximum Gasteiger partial charge on any atom is 0.316 e. The van der Waals surface area contributed by atoms with E-state index in [1.54, 1.807) is 0 Å². The Morgan fingerprint density at radius 1 is 1.41 bits per heavy atom. The van der Waals surface area contributed by atoms with Gasteiger partial charge < -0.3 is 10.1 Å². The number of thiophene rings is 1. The van der Waals surface area contributed by atoms with E-state index in [2.05, 4.69) is 15.3 Å². The fourth-order valence-corrected chi connectivity index (χ4v) is 3.23. The average Bonchev–Trinajstić information content (AvgIpc) is 3.00. The Balaban J connectivity index is 1.74. The molecule has 0 aliphatic carbocycles. The molecule has 1 N–H and O–H groups in total. The van der Waals surface area contributed by atoms with Gasteiger partial charge in [-0.1, -0.05) is 25.1 Å². The van der Waals surface area contributed by atoms with Crippen LogP contribution in [0.2, 0.25) is 0 Å². The highest BCUT2D eigenvalue weighted by Gasteiger charge is 2.11. The molecule has 0 aliphatic rings. The highest BCUT2D eigenvalue weighted by atomic mass is 32.2. The van der Waals surface area contributed by atoms with Crippen molar-refractivity contribution >= 4 is 45.2 Å². The lowest BCUT2D eigenvalue weighted by atomic mass is 10.3. The van der Waals surface area contributed by atoms with Crippen LogP contribution in [0, 0.1) is 0 Å². The van der Waals surface area contributed by atoms with Crippen molar-refractivity contribution in [3.8, 4) is 0 Å². The maximum atomic E-state index is 11.7. The molecule has 2 rings (SSSR count). The van der Waals surface area contributed by atoms with Crippen LogP contribution in [0.4, 0.5) is 0 Å². The van der Waals surface area contributed by atoms with Gasteiger partial charge in [-0.3, -0.25) is 9.59 Å². The Morgan fingerprint density at radius 2 is 2.27 bits per heavy atom. The molecule has 8 heteroatoms. The van der Waals surface area contributed by atoms with Crippen LogP contribution >= 0.6 is 23.1 Å². The number of fused-ring (bicyclic) bond motifs is 1. The lowest BCUT2D eigenvalue weighted by molar-refractivity contribution is -0.145. The highest BCUT2D eigenvalue weighted by Crippen LogP contribution is 2.27. The van der Waals surface area contributed by atoms with Crippen LogP contribution in [-0.4, -0.2) is 40.7 Å². The Labute approximate surface area is 136 Å². The van der Waals surface area contributed by atoms with E-state index >= 15 is 0 Å². The van der Waals surface area contributed by atoms with E-state index in [0.29, 0.717) is 6.54 Å². The van der Waals surface area contributed by atoms with Gasteiger partial charge in [-0.05, 0) is 17.9 Å². The monoisotopic (exact) mass is 339 g/mol. The summed E-state index contributed by atoms with van der Waals surface area (Å²) in [5.74, 6) is -0.587. The Morgan fingerprint density at radius 3 is 3.09 bits per heavy atom. The van der Waals surface area contributed by atoms with Crippen LogP contribution < -0.4 is 5.32 Å². The number of esters is 1. The van der Waals surface area contributed by atoms with Crippen LogP contribution in [0.5, 0.6) is 0 Å². The second-order valence-corrected chi connectivity index (χ2v) is 6.33. The predicted molar refractivity (Wildman–Crippen MR) is 87.0 cm³/mol. The first-order chi connectivity index (χ1) is 10.7. The van der Waals surface area contributed by atoms with Crippen LogP contribution in [-0.2, 0) is 14.3 Å². The van der Waals surface area contributed by atoms with E-state index in [4.69, 9.17) is 4.74 Å². The Kier molecular flexibility index (Phi) is 6.60. The number of ether oxygens (including phenoxy) is 1. The van der Waals surface area contributed by atoms with Crippen LogP contribution in [0.1, 0.15) is 19.8 Å². The van der Waals surface area contributed by atoms with E-state index in [9.17, 15) is 9.59 Å². The molecular weight excluding hydrogens is 322 g/mol. The Bertz CT molecular complexity index is 645. The number of carbonyl (C=O) groups excluding carboxylic acids is 2. The molecule has 0 spiro atoms. The van der Waals surface area contributed by atoms with Crippen LogP contribution in [0.3, 0.4) is 0 Å². The fraction of sp³-hybridized carbons (Fsp3) is 0.429. The Hall–Kier alpha value is -1.67. The standard InChI is InChI=1S/C14H17N3O3S2/c1-2-3-5-15-11(18)7-20-12(19)8-22-14-10-4-6-21-13(10)16-9-17-14/h4,6,9H,2-3,5,7-8H2,1H3,(H,15,18). The first-order valence-corrected chi connectivity index (χ1v) is 8.80. The summed E-state index contributed by atoms with van der Waals surface area (Å²) < 4.78 is 4.94. The minimum Gasteiger partial charge on any atom is -0.455 e. The van der Waals surface area contributed by atoms with E-state index in [-0.39, 0.29) is 18.3 Å². The smallest absolute Gasteiger partial charge is 0.316 e. The number of aromatic nitrogens is 2. The van der Waals surface area contributed by atoms with Gasteiger partial charge in [-0.15, -0.1) is 11.3 Å². The molecule has 2 heterocycles. The third kappa shape index (κ3) is 4.96. The number of nitrogens with one attached hydrogen (secondary N) is 1. The molecule has 0 radical (unpaired) electrons. The molecule has 0 bridgehead atoms. The molecule has 0 fully saturated rings. The third-order valence-electron chi connectivity index (χ3n) is 2.77. The normalized spacial score (nSPS) is 10.6. The van der Waals surface area contributed by atoms with Crippen molar-refractivity contribution < 1.29 is 14.3 Å². The molecule has 0 aromatic carbocycles. The first-order valence-electron chi connectivity index (χ1n) is 6.94. The van der Waals surface area contributed by atoms with E-state index in [1.165, 1.54) is 29.4 Å². The van der Waals surface area contributed by atoms with Gasteiger partial charge in [0.25, 0.3) is 5.91 Å². The number of unbranched alkanes of at least 4 members (excludes halogenated alkanes) is 1. The lowest BCUT2D eigenvalue weighted by Gasteiger charge is -2.06. The molecule has 0 unspecified atom stereocenters. The number of hydrogen-bond donors (Lipinski definition) is 1. The topological polar surface area (TPSA) is 81.2 Å². The quantitative estimate of drug-likeness (QED) is 0.344. The number of nitrogens with zero attached hydrogens (tertiary/aromatic N) is 2. The van der Waals surface area contributed by atoms with Gasteiger partial charge in [-0.2, -0.15) is 0 Å². The van der Waals surface area contributed by atoms with Crippen molar-refractivity contribution in [3.63, 3.8) is 0 Å². The van der Waals surface area contributed by atoms with Crippen molar-refractivity contribution in [2.24, 2.45) is 0 Å². The predicted octanol–water partition coefficient (Wildman–Crippen LogP) is 2.24. The number of hydrogen-bond acceptors (Lipinski definition) is 7. The molecule has 118 valence electrons. The highest BCUT2D eigenvalue weighted by molar-refractivity contribution is 8.00. The molecule has 0 atom stereocenters. The second kappa shape index (κ2) is 8.70. The average molecular weight is 339 g/mol. The summed E-state index contributed by atoms with van der Waals surface area (Å²) in [5, 5.41) is 6.30. The van der Waals surface area contributed by atoms with Crippen molar-refractivity contribution in [2.45, 2.75) is 24.8 Å². The first kappa shape index (κ1) is 16.7. The number of rotatable bonds is 8. The summed E-state index contributed by atoms with van der Waals surface area (Å²) >= 11 is 2.81. The molecule has 0 aliphatic heterocycles. The van der Waals surface area contributed by atoms with Gasteiger partial charge in [0.2, 0.25) is 0 Å². The van der Waals surface area contributed by atoms with Gasteiger partial charge in [0.15, 0.2) is 6.61 Å². The van der Waals surface area contributed by atoms with Crippen molar-refractivity contribution in [1.29, 1.82) is 0 Å². The van der Waals surface area contributed by atoms with E-state index in [1.807, 2.05) is 18.4 Å². The second-order valence-electron chi connectivity index (χ2n) is 4.47. The number of amides is 1. The zero-order valence-electron chi connectivity index (χ0n) is 12.2. The van der Waals surface area contributed by atoms with E-state index < -0.39 is 5.97 Å². The van der Waals surface area contributed by atoms with Crippen LogP contribution in [0.25, 0.3) is 10.2 Å². The summed E-state index contributed by atoms with van der Waals surface area (Å²) in [7, 11) is 0. The van der Waals surface area contributed by atoms with Crippen molar-refractivity contribution in [2.75, 3.05) is 18.9 Å². The fourth-order valence-electron chi connectivity index (χ4n) is 1.65. The van der Waals surface area contributed by atoms with Gasteiger partial charge in [0.05, 0.1) is 5.75 Å². The molecule has 0 saturated heterocycles. The molecule has 22 heavy (non-hydrogen) atoms. The zero-order chi connectivity index (χ0) is 15.8. The molecule has 6 nitrogen and oxygen atoms in total. The van der Waals surface area contributed by atoms with Crippen molar-refractivity contribution in [1.82, 2.24) is 15.3 Å². The molecule has 2 aromatic rings. The molecular formula is C14H17N3O3S2.